The fraction of sp³-hybridized carbons (Fsp3) is 0.368. The molecule has 1 aromatic heterocycles. The summed E-state index contributed by atoms with van der Waals surface area (Å²) in [6.07, 6.45) is 3.03. The first-order valence-corrected chi connectivity index (χ1v) is 8.22. The average Bonchev–Trinajstić information content (AvgIpc) is 2.79. The van der Waals surface area contributed by atoms with E-state index >= 15 is 0 Å². The van der Waals surface area contributed by atoms with Gasteiger partial charge in [0.05, 0.1) is 0 Å². The maximum Gasteiger partial charge on any atom is 0.142 e. The van der Waals surface area contributed by atoms with Gasteiger partial charge in [-0.05, 0) is 50.1 Å². The van der Waals surface area contributed by atoms with E-state index in [9.17, 15) is 9.65 Å². The van der Waals surface area contributed by atoms with Gasteiger partial charge < -0.3 is 5.73 Å². The van der Waals surface area contributed by atoms with E-state index in [1.807, 2.05) is 0 Å². The van der Waals surface area contributed by atoms with Crippen LogP contribution < -0.4 is 5.73 Å². The van der Waals surface area contributed by atoms with Crippen LogP contribution in [0, 0.1) is 24.1 Å². The van der Waals surface area contributed by atoms with Gasteiger partial charge in [0.15, 0.2) is 0 Å². The molecule has 1 aromatic carbocycles. The third-order valence-electron chi connectivity index (χ3n) is 5.50. The van der Waals surface area contributed by atoms with Crippen molar-refractivity contribution in [3.05, 3.63) is 46.4 Å². The predicted octanol–water partition coefficient (Wildman–Crippen LogP) is 3.34. The maximum atomic E-state index is 13.7. The number of halogens is 1. The van der Waals surface area contributed by atoms with Crippen molar-refractivity contribution >= 4 is 5.82 Å². The van der Waals surface area contributed by atoms with E-state index in [1.165, 1.54) is 6.07 Å². The first-order valence-electron chi connectivity index (χ1n) is 8.22. The highest BCUT2D eigenvalue weighted by atomic mass is 19.1. The van der Waals surface area contributed by atoms with Gasteiger partial charge in [0.25, 0.3) is 0 Å². The molecule has 1 fully saturated rings. The zero-order valence-electron chi connectivity index (χ0n) is 13.8. The smallest absolute Gasteiger partial charge is 0.142 e. The summed E-state index contributed by atoms with van der Waals surface area (Å²) in [6, 6.07) is 7.95. The molecule has 1 saturated heterocycles. The molecule has 0 aliphatic carbocycles. The van der Waals surface area contributed by atoms with Gasteiger partial charge >= 0.3 is 0 Å². The van der Waals surface area contributed by atoms with Crippen molar-refractivity contribution in [1.82, 2.24) is 9.88 Å². The number of nitriles is 1. The first-order chi connectivity index (χ1) is 11.5. The number of aromatic nitrogens is 1. The fourth-order valence-electron chi connectivity index (χ4n) is 4.23. The summed E-state index contributed by atoms with van der Waals surface area (Å²) < 4.78 is 13.7. The molecule has 24 heavy (non-hydrogen) atoms. The standard InChI is InChI=1S/C19H19FN4/c1-10-7-11(3-5-14(10)20)17-13(9-21)19(22)23-15-8-12-4-6-16(18(15)17)24(12)2/h3,5,7,12,16H,4,6,8H2,1-2H3,(H2,22,23)/t12-,16+/m1/s1. The van der Waals surface area contributed by atoms with E-state index in [0.717, 1.165) is 41.6 Å². The van der Waals surface area contributed by atoms with Crippen molar-refractivity contribution in [1.29, 1.82) is 5.26 Å². The lowest BCUT2D eigenvalue weighted by Gasteiger charge is -2.34. The zero-order chi connectivity index (χ0) is 17.0. The Morgan fingerprint density at radius 3 is 2.88 bits per heavy atom. The Morgan fingerprint density at radius 2 is 2.17 bits per heavy atom. The van der Waals surface area contributed by atoms with E-state index in [1.54, 1.807) is 19.1 Å². The van der Waals surface area contributed by atoms with Gasteiger partial charge in [0.2, 0.25) is 0 Å². The second kappa shape index (κ2) is 5.29. The molecule has 4 nitrogen and oxygen atoms in total. The molecule has 2 bridgehead atoms. The van der Waals surface area contributed by atoms with E-state index in [2.05, 4.69) is 23.0 Å². The Bertz CT molecular complexity index is 884. The average molecular weight is 322 g/mol. The lowest BCUT2D eigenvalue weighted by molar-refractivity contribution is 0.222. The normalized spacial score (nSPS) is 22.2. The fourth-order valence-corrected chi connectivity index (χ4v) is 4.23. The molecule has 122 valence electrons. The number of nitrogen functional groups attached to an aromatic ring is 1. The number of hydrogen-bond acceptors (Lipinski definition) is 4. The lowest BCUT2D eigenvalue weighted by atomic mass is 9.86. The van der Waals surface area contributed by atoms with Crippen LogP contribution in [0.2, 0.25) is 0 Å². The predicted molar refractivity (Wildman–Crippen MR) is 90.7 cm³/mol. The molecule has 0 saturated carbocycles. The van der Waals surface area contributed by atoms with Crippen LogP contribution in [0.1, 0.15) is 41.3 Å². The minimum atomic E-state index is -0.244. The second-order valence-corrected chi connectivity index (χ2v) is 6.80. The number of pyridine rings is 1. The van der Waals surface area contributed by atoms with Crippen molar-refractivity contribution < 1.29 is 4.39 Å². The molecule has 0 unspecified atom stereocenters. The topological polar surface area (TPSA) is 65.9 Å². The van der Waals surface area contributed by atoms with Crippen LogP contribution in [0.5, 0.6) is 0 Å². The van der Waals surface area contributed by atoms with Crippen LogP contribution in [-0.4, -0.2) is 23.0 Å². The Labute approximate surface area is 140 Å². The number of fused-ring (bicyclic) bond motifs is 4. The molecule has 2 aromatic rings. The molecule has 3 heterocycles. The first kappa shape index (κ1) is 15.1. The molecule has 2 aliphatic heterocycles. The highest BCUT2D eigenvalue weighted by Crippen LogP contribution is 2.47. The van der Waals surface area contributed by atoms with Gasteiger partial charge in [-0.2, -0.15) is 5.26 Å². The van der Waals surface area contributed by atoms with Crippen LogP contribution in [-0.2, 0) is 6.42 Å². The summed E-state index contributed by atoms with van der Waals surface area (Å²) >= 11 is 0. The summed E-state index contributed by atoms with van der Waals surface area (Å²) in [5, 5.41) is 9.66. The van der Waals surface area contributed by atoms with E-state index in [4.69, 9.17) is 5.73 Å². The minimum absolute atomic E-state index is 0.244. The van der Waals surface area contributed by atoms with Crippen molar-refractivity contribution in [3.63, 3.8) is 0 Å². The summed E-state index contributed by atoms with van der Waals surface area (Å²) in [4.78, 5) is 6.92. The summed E-state index contributed by atoms with van der Waals surface area (Å²) in [5.74, 6) is 0.0309. The Balaban J connectivity index is 2.04. The van der Waals surface area contributed by atoms with Gasteiger partial charge in [-0.3, -0.25) is 4.90 Å². The molecule has 5 heteroatoms. The van der Waals surface area contributed by atoms with Crippen LogP contribution in [0.25, 0.3) is 11.1 Å². The van der Waals surface area contributed by atoms with Crippen LogP contribution in [0.4, 0.5) is 10.2 Å². The Kier molecular flexibility index (Phi) is 3.33. The number of nitrogens with zero attached hydrogens (tertiary/aromatic N) is 3. The molecule has 2 aliphatic rings. The summed E-state index contributed by atoms with van der Waals surface area (Å²) in [6.45, 7) is 1.74. The third kappa shape index (κ3) is 2.03. The Hall–Kier alpha value is -2.45. The molecule has 4 rings (SSSR count). The minimum Gasteiger partial charge on any atom is -0.383 e. The molecule has 2 N–H and O–H groups in total. The van der Waals surface area contributed by atoms with Crippen molar-refractivity contribution in [2.75, 3.05) is 12.8 Å². The number of aryl methyl sites for hydroxylation is 1. The lowest BCUT2D eigenvalue weighted by Crippen LogP contribution is -2.35. The van der Waals surface area contributed by atoms with Gasteiger partial charge in [-0.25, -0.2) is 9.37 Å². The summed E-state index contributed by atoms with van der Waals surface area (Å²) in [7, 11) is 2.13. The molecule has 0 radical (unpaired) electrons. The number of anilines is 1. The molecular weight excluding hydrogens is 303 g/mol. The maximum absolute atomic E-state index is 13.7. The largest absolute Gasteiger partial charge is 0.383 e. The number of benzene rings is 1. The summed E-state index contributed by atoms with van der Waals surface area (Å²) in [5.41, 5.74) is 10.8. The molecular formula is C19H19FN4. The number of likely N-dealkylation sites (N-methyl/N-ethyl adjacent to an activating group) is 1. The van der Waals surface area contributed by atoms with Gasteiger partial charge in [0.1, 0.15) is 23.3 Å². The van der Waals surface area contributed by atoms with Crippen LogP contribution in [0.15, 0.2) is 18.2 Å². The third-order valence-corrected chi connectivity index (χ3v) is 5.50. The second-order valence-electron chi connectivity index (χ2n) is 6.80. The van der Waals surface area contributed by atoms with Crippen LogP contribution in [0.3, 0.4) is 0 Å². The van der Waals surface area contributed by atoms with E-state index in [0.29, 0.717) is 17.2 Å². The molecule has 0 amide bonds. The molecule has 2 atom stereocenters. The van der Waals surface area contributed by atoms with E-state index < -0.39 is 0 Å². The molecule has 0 spiro atoms. The zero-order valence-corrected chi connectivity index (χ0v) is 13.8. The van der Waals surface area contributed by atoms with Crippen molar-refractivity contribution in [2.24, 2.45) is 0 Å². The van der Waals surface area contributed by atoms with Crippen LogP contribution >= 0.6 is 0 Å². The van der Waals surface area contributed by atoms with Crippen molar-refractivity contribution in [2.45, 2.75) is 38.3 Å². The van der Waals surface area contributed by atoms with Gasteiger partial charge in [0, 0.05) is 35.3 Å². The monoisotopic (exact) mass is 322 g/mol. The quantitative estimate of drug-likeness (QED) is 0.874. The van der Waals surface area contributed by atoms with Gasteiger partial charge in [-0.15, -0.1) is 0 Å². The highest BCUT2D eigenvalue weighted by Gasteiger charge is 2.40. The van der Waals surface area contributed by atoms with E-state index in [-0.39, 0.29) is 17.7 Å². The SMILES string of the molecule is Cc1cc(-c2c(C#N)c(N)nc3c2[C@@H]2CC[C@H](C3)N2C)ccc1F. The number of rotatable bonds is 1. The highest BCUT2D eigenvalue weighted by molar-refractivity contribution is 5.80. The Morgan fingerprint density at radius 1 is 1.38 bits per heavy atom. The number of hydrogen-bond donors (Lipinski definition) is 1. The van der Waals surface area contributed by atoms with Gasteiger partial charge in [-0.1, -0.05) is 6.07 Å². The van der Waals surface area contributed by atoms with Crippen molar-refractivity contribution in [3.8, 4) is 17.2 Å². The number of nitrogens with two attached hydrogens (primary N) is 1.